The molecule has 0 spiro atoms. The van der Waals surface area contributed by atoms with Crippen molar-refractivity contribution in [2.24, 2.45) is 5.92 Å². The monoisotopic (exact) mass is 421 g/mol. The maximum absolute atomic E-state index is 12.7. The van der Waals surface area contributed by atoms with Gasteiger partial charge in [-0.2, -0.15) is 4.37 Å². The van der Waals surface area contributed by atoms with Gasteiger partial charge in [-0.3, -0.25) is 4.79 Å². The Morgan fingerprint density at radius 3 is 2.93 bits per heavy atom. The highest BCUT2D eigenvalue weighted by Crippen LogP contribution is 2.25. The van der Waals surface area contributed by atoms with Crippen molar-refractivity contribution < 1.29 is 14.3 Å². The number of amides is 1. The molecule has 0 saturated carbocycles. The fraction of sp³-hybridized carbons (Fsp3) is 0.348. The molecule has 2 aliphatic heterocycles. The Balaban J connectivity index is 1.11. The highest BCUT2D eigenvalue weighted by atomic mass is 32.1. The van der Waals surface area contributed by atoms with Crippen LogP contribution in [0.5, 0.6) is 0 Å². The van der Waals surface area contributed by atoms with Crippen LogP contribution < -0.4 is 5.32 Å². The summed E-state index contributed by atoms with van der Waals surface area (Å²) in [5.74, 6) is -0.0509. The first kappa shape index (κ1) is 19.2. The molecule has 0 bridgehead atoms. The quantitative estimate of drug-likeness (QED) is 0.634. The lowest BCUT2D eigenvalue weighted by molar-refractivity contribution is -0.121. The highest BCUT2D eigenvalue weighted by molar-refractivity contribution is 7.13. The van der Waals surface area contributed by atoms with Gasteiger partial charge in [-0.15, -0.1) is 0 Å². The molecule has 0 unspecified atom stereocenters. The third-order valence-corrected chi connectivity index (χ3v) is 6.82. The topological polar surface area (TPSA) is 71.5 Å². The van der Waals surface area contributed by atoms with E-state index < -0.39 is 0 Å². The van der Waals surface area contributed by atoms with Gasteiger partial charge >= 0.3 is 5.97 Å². The molecule has 1 aromatic heterocycles. The normalized spacial score (nSPS) is 17.1. The molecule has 0 aliphatic carbocycles. The number of benzene rings is 2. The minimum absolute atomic E-state index is 0.0562. The van der Waals surface area contributed by atoms with Crippen LogP contribution in [0.25, 0.3) is 10.1 Å². The van der Waals surface area contributed by atoms with Crippen molar-refractivity contribution in [3.8, 4) is 0 Å². The summed E-state index contributed by atoms with van der Waals surface area (Å²) in [4.78, 5) is 26.7. The second-order valence-electron chi connectivity index (χ2n) is 8.00. The second-order valence-corrected chi connectivity index (χ2v) is 8.83. The summed E-state index contributed by atoms with van der Waals surface area (Å²) in [6.07, 6.45) is 4.52. The van der Waals surface area contributed by atoms with E-state index in [1.54, 1.807) is 0 Å². The zero-order chi connectivity index (χ0) is 20.5. The Bertz CT molecular complexity index is 1100. The van der Waals surface area contributed by atoms with Crippen LogP contribution in [0.15, 0.2) is 42.6 Å². The van der Waals surface area contributed by atoms with Crippen molar-refractivity contribution in [1.29, 1.82) is 0 Å². The van der Waals surface area contributed by atoms with Crippen LogP contribution in [0.2, 0.25) is 0 Å². The fourth-order valence-corrected chi connectivity index (χ4v) is 4.87. The number of hydrogen-bond donors (Lipinski definition) is 1. The number of rotatable bonds is 5. The molecule has 3 heterocycles. The van der Waals surface area contributed by atoms with Crippen molar-refractivity contribution in [2.45, 2.75) is 25.9 Å². The van der Waals surface area contributed by atoms with Gasteiger partial charge < -0.3 is 15.0 Å². The van der Waals surface area contributed by atoms with E-state index in [-0.39, 0.29) is 17.8 Å². The van der Waals surface area contributed by atoms with E-state index in [0.717, 1.165) is 60.2 Å². The summed E-state index contributed by atoms with van der Waals surface area (Å²) in [5.41, 5.74) is 3.75. The lowest BCUT2D eigenvalue weighted by atomic mass is 9.95. The van der Waals surface area contributed by atoms with Crippen molar-refractivity contribution in [1.82, 2.24) is 9.27 Å². The summed E-state index contributed by atoms with van der Waals surface area (Å²) in [5, 5.41) is 4.14. The van der Waals surface area contributed by atoms with Crippen molar-refractivity contribution in [2.75, 3.05) is 25.0 Å². The van der Waals surface area contributed by atoms with Crippen LogP contribution >= 0.6 is 11.5 Å². The van der Waals surface area contributed by atoms with Gasteiger partial charge in [0.05, 0.1) is 10.3 Å². The van der Waals surface area contributed by atoms with Gasteiger partial charge in [0.15, 0.2) is 0 Å². The summed E-state index contributed by atoms with van der Waals surface area (Å²) in [6, 6.07) is 11.9. The van der Waals surface area contributed by atoms with E-state index in [2.05, 4.69) is 20.7 Å². The number of anilines is 1. The van der Waals surface area contributed by atoms with Gasteiger partial charge in [0.25, 0.3) is 0 Å². The molecule has 6 nitrogen and oxygen atoms in total. The average Bonchev–Trinajstić information content (AvgIpc) is 3.38. The third-order valence-electron chi connectivity index (χ3n) is 6.04. The SMILES string of the molecule is O=C1OCc2cc(CCN3CCC(C(=O)Nc4ccc5sncc5c4)CC3)ccc21. The smallest absolute Gasteiger partial charge is 0.338 e. The van der Waals surface area contributed by atoms with Crippen LogP contribution in [-0.2, 0) is 22.6 Å². The van der Waals surface area contributed by atoms with Crippen molar-refractivity contribution in [3.63, 3.8) is 0 Å². The fourth-order valence-electron chi connectivity index (χ4n) is 4.24. The molecular weight excluding hydrogens is 398 g/mol. The van der Waals surface area contributed by atoms with E-state index in [1.165, 1.54) is 17.1 Å². The molecule has 3 aromatic rings. The molecule has 2 aromatic carbocycles. The van der Waals surface area contributed by atoms with Crippen molar-refractivity contribution >= 4 is 39.2 Å². The lowest BCUT2D eigenvalue weighted by Gasteiger charge is -2.31. The van der Waals surface area contributed by atoms with Crippen LogP contribution in [0.3, 0.4) is 0 Å². The Morgan fingerprint density at radius 1 is 1.20 bits per heavy atom. The molecule has 1 amide bonds. The van der Waals surface area contributed by atoms with Gasteiger partial charge in [-0.05, 0) is 73.7 Å². The third kappa shape index (κ3) is 3.95. The maximum Gasteiger partial charge on any atom is 0.338 e. The Kier molecular flexibility index (Phi) is 5.23. The van der Waals surface area contributed by atoms with Crippen molar-refractivity contribution in [3.05, 3.63) is 59.3 Å². The summed E-state index contributed by atoms with van der Waals surface area (Å²) < 4.78 is 10.4. The largest absolute Gasteiger partial charge is 0.457 e. The van der Waals surface area contributed by atoms with Gasteiger partial charge in [-0.25, -0.2) is 4.79 Å². The molecular formula is C23H23N3O3S. The number of carbonyl (C=O) groups is 2. The predicted molar refractivity (Wildman–Crippen MR) is 117 cm³/mol. The molecule has 0 radical (unpaired) electrons. The van der Waals surface area contributed by atoms with E-state index in [1.807, 2.05) is 36.5 Å². The van der Waals surface area contributed by atoms with E-state index in [9.17, 15) is 9.59 Å². The zero-order valence-electron chi connectivity index (χ0n) is 16.6. The van der Waals surface area contributed by atoms with Gasteiger partial charge in [0.1, 0.15) is 6.61 Å². The van der Waals surface area contributed by atoms with Gasteiger partial charge in [0.2, 0.25) is 5.91 Å². The summed E-state index contributed by atoms with van der Waals surface area (Å²) in [6.45, 7) is 3.21. The number of likely N-dealkylation sites (tertiary alicyclic amines) is 1. The number of aromatic nitrogens is 1. The lowest BCUT2D eigenvalue weighted by Crippen LogP contribution is -2.39. The number of ether oxygens (including phenoxy) is 1. The number of fused-ring (bicyclic) bond motifs is 2. The Morgan fingerprint density at radius 2 is 2.07 bits per heavy atom. The molecule has 0 atom stereocenters. The van der Waals surface area contributed by atoms with E-state index >= 15 is 0 Å². The molecule has 7 heteroatoms. The number of cyclic esters (lactones) is 1. The number of nitrogens with one attached hydrogen (secondary N) is 1. The minimum atomic E-state index is -0.219. The number of nitrogens with zero attached hydrogens (tertiary/aromatic N) is 2. The first-order chi connectivity index (χ1) is 14.7. The standard InChI is InChI=1S/C23H23N3O3S/c27-22(25-19-2-4-21-17(12-19)13-24-30-21)16-6-9-26(10-7-16)8-5-15-1-3-20-18(11-15)14-29-23(20)28/h1-4,11-13,16H,5-10,14H2,(H,25,27). The number of piperidine rings is 1. The zero-order valence-corrected chi connectivity index (χ0v) is 17.4. The highest BCUT2D eigenvalue weighted by Gasteiger charge is 2.25. The number of hydrogen-bond acceptors (Lipinski definition) is 6. The summed E-state index contributed by atoms with van der Waals surface area (Å²) in [7, 11) is 0. The molecule has 30 heavy (non-hydrogen) atoms. The summed E-state index contributed by atoms with van der Waals surface area (Å²) >= 11 is 1.46. The number of carbonyl (C=O) groups excluding carboxylic acids is 2. The second kappa shape index (κ2) is 8.16. The van der Waals surface area contributed by atoms with E-state index in [0.29, 0.717) is 12.2 Å². The maximum atomic E-state index is 12.7. The van der Waals surface area contributed by atoms with Gasteiger partial charge in [0, 0.05) is 35.3 Å². The first-order valence-electron chi connectivity index (χ1n) is 10.3. The average molecular weight is 422 g/mol. The Labute approximate surface area is 179 Å². The van der Waals surface area contributed by atoms with Crippen LogP contribution in [-0.4, -0.2) is 40.8 Å². The van der Waals surface area contributed by atoms with Crippen LogP contribution in [0.1, 0.15) is 34.3 Å². The molecule has 2 aliphatic rings. The first-order valence-corrected chi connectivity index (χ1v) is 11.1. The molecule has 154 valence electrons. The molecule has 1 saturated heterocycles. The molecule has 1 fully saturated rings. The minimum Gasteiger partial charge on any atom is -0.457 e. The predicted octanol–water partition coefficient (Wildman–Crippen LogP) is 3.86. The van der Waals surface area contributed by atoms with E-state index in [4.69, 9.17) is 4.74 Å². The van der Waals surface area contributed by atoms with Crippen LogP contribution in [0.4, 0.5) is 5.69 Å². The molecule has 1 N–H and O–H groups in total. The number of esters is 1. The van der Waals surface area contributed by atoms with Gasteiger partial charge in [-0.1, -0.05) is 12.1 Å². The Hall–Kier alpha value is -2.77. The molecule has 5 rings (SSSR count). The van der Waals surface area contributed by atoms with Crippen LogP contribution in [0, 0.1) is 5.92 Å².